The van der Waals surface area contributed by atoms with E-state index in [0.29, 0.717) is 18.1 Å². The molecule has 3 heterocycles. The van der Waals surface area contributed by atoms with Gasteiger partial charge in [0, 0.05) is 47.3 Å². The van der Waals surface area contributed by atoms with Gasteiger partial charge in [-0.1, -0.05) is 36.4 Å². The summed E-state index contributed by atoms with van der Waals surface area (Å²) in [5.74, 6) is 0.180. The SMILES string of the molecule is CN1C2CCC1CC(N(CCc1c[nH]c3ccccc13)C(=O)c1ccccc1)C2. The van der Waals surface area contributed by atoms with Crippen LogP contribution in [-0.2, 0) is 6.42 Å². The van der Waals surface area contributed by atoms with Gasteiger partial charge in [-0.25, -0.2) is 0 Å². The van der Waals surface area contributed by atoms with Gasteiger partial charge in [-0.3, -0.25) is 4.79 Å². The van der Waals surface area contributed by atoms with Gasteiger partial charge < -0.3 is 14.8 Å². The van der Waals surface area contributed by atoms with Crippen LogP contribution in [-0.4, -0.2) is 52.4 Å². The van der Waals surface area contributed by atoms with E-state index in [1.54, 1.807) is 0 Å². The van der Waals surface area contributed by atoms with Gasteiger partial charge >= 0.3 is 0 Å². The zero-order chi connectivity index (χ0) is 19.8. The lowest BCUT2D eigenvalue weighted by atomic mass is 9.95. The Labute approximate surface area is 172 Å². The first kappa shape index (κ1) is 18.4. The van der Waals surface area contributed by atoms with Gasteiger partial charge in [-0.15, -0.1) is 0 Å². The Bertz CT molecular complexity index is 981. The average Bonchev–Trinajstić information content (AvgIpc) is 3.24. The first-order chi connectivity index (χ1) is 14.2. The molecule has 0 radical (unpaired) electrons. The summed E-state index contributed by atoms with van der Waals surface area (Å²) < 4.78 is 0. The number of fused-ring (bicyclic) bond motifs is 3. The second kappa shape index (κ2) is 7.68. The van der Waals surface area contributed by atoms with Gasteiger partial charge in [0.05, 0.1) is 0 Å². The van der Waals surface area contributed by atoms with Crippen molar-refractivity contribution in [2.75, 3.05) is 13.6 Å². The van der Waals surface area contributed by atoms with Gasteiger partial charge in [0.2, 0.25) is 0 Å². The predicted octanol–water partition coefficient (Wildman–Crippen LogP) is 4.48. The number of H-pyrrole nitrogens is 1. The van der Waals surface area contributed by atoms with Crippen molar-refractivity contribution in [3.05, 3.63) is 71.9 Å². The molecule has 150 valence electrons. The number of benzene rings is 2. The molecule has 2 fully saturated rings. The Morgan fingerprint density at radius 3 is 2.48 bits per heavy atom. The normalized spacial score (nSPS) is 24.1. The molecule has 3 aromatic rings. The smallest absolute Gasteiger partial charge is 0.254 e. The third-order valence-electron chi connectivity index (χ3n) is 7.09. The van der Waals surface area contributed by atoms with E-state index in [4.69, 9.17) is 0 Å². The van der Waals surface area contributed by atoms with Gasteiger partial charge in [0.1, 0.15) is 0 Å². The van der Waals surface area contributed by atoms with Crippen LogP contribution in [0.25, 0.3) is 10.9 Å². The van der Waals surface area contributed by atoms with Gasteiger partial charge in [-0.05, 0) is 62.9 Å². The summed E-state index contributed by atoms with van der Waals surface area (Å²) >= 11 is 0. The first-order valence-electron chi connectivity index (χ1n) is 10.8. The third-order valence-corrected chi connectivity index (χ3v) is 7.09. The van der Waals surface area contributed by atoms with Gasteiger partial charge in [-0.2, -0.15) is 0 Å². The van der Waals surface area contributed by atoms with Crippen molar-refractivity contribution in [1.29, 1.82) is 0 Å². The molecule has 1 aromatic heterocycles. The summed E-state index contributed by atoms with van der Waals surface area (Å²) in [6, 6.07) is 19.8. The van der Waals surface area contributed by atoms with E-state index < -0.39 is 0 Å². The molecule has 0 saturated carbocycles. The van der Waals surface area contributed by atoms with Crippen molar-refractivity contribution in [2.24, 2.45) is 0 Å². The van der Waals surface area contributed by atoms with Crippen molar-refractivity contribution < 1.29 is 4.79 Å². The number of piperidine rings is 1. The Kier molecular flexibility index (Phi) is 4.88. The first-order valence-corrected chi connectivity index (χ1v) is 10.8. The molecule has 0 aliphatic carbocycles. The molecular formula is C25H29N3O. The van der Waals surface area contributed by atoms with Crippen LogP contribution >= 0.6 is 0 Å². The van der Waals surface area contributed by atoms with E-state index in [1.165, 1.54) is 29.3 Å². The van der Waals surface area contributed by atoms with Gasteiger partial charge in [0.15, 0.2) is 0 Å². The summed E-state index contributed by atoms with van der Waals surface area (Å²) in [7, 11) is 2.26. The number of carbonyl (C=O) groups excluding carboxylic acids is 1. The van der Waals surface area contributed by atoms with Crippen LogP contribution in [0, 0.1) is 0 Å². The summed E-state index contributed by atoms with van der Waals surface area (Å²) in [5, 5.41) is 1.27. The van der Waals surface area contributed by atoms with Crippen molar-refractivity contribution in [1.82, 2.24) is 14.8 Å². The Balaban J connectivity index is 1.40. The molecule has 2 saturated heterocycles. The summed E-state index contributed by atoms with van der Waals surface area (Å²) in [5.41, 5.74) is 3.26. The van der Waals surface area contributed by atoms with Crippen molar-refractivity contribution >= 4 is 16.8 Å². The average molecular weight is 388 g/mol. The highest BCUT2D eigenvalue weighted by molar-refractivity contribution is 5.94. The number of aromatic nitrogens is 1. The molecule has 2 aliphatic rings. The third kappa shape index (κ3) is 3.46. The van der Waals surface area contributed by atoms with Crippen molar-refractivity contribution in [2.45, 2.75) is 50.2 Å². The minimum Gasteiger partial charge on any atom is -0.361 e. The number of aromatic amines is 1. The quantitative estimate of drug-likeness (QED) is 0.701. The number of amides is 1. The van der Waals surface area contributed by atoms with Crippen molar-refractivity contribution in [3.63, 3.8) is 0 Å². The Hall–Kier alpha value is -2.59. The second-order valence-electron chi connectivity index (χ2n) is 8.65. The number of hydrogen-bond acceptors (Lipinski definition) is 2. The van der Waals surface area contributed by atoms with Gasteiger partial charge in [0.25, 0.3) is 5.91 Å². The van der Waals surface area contributed by atoms with Crippen LogP contribution in [0.15, 0.2) is 60.8 Å². The van der Waals surface area contributed by atoms with Crippen LogP contribution in [0.5, 0.6) is 0 Å². The van der Waals surface area contributed by atoms with Crippen LogP contribution in [0.2, 0.25) is 0 Å². The van der Waals surface area contributed by atoms with E-state index in [9.17, 15) is 4.79 Å². The van der Waals surface area contributed by atoms with Crippen LogP contribution in [0.4, 0.5) is 0 Å². The topological polar surface area (TPSA) is 39.3 Å². The number of nitrogens with zero attached hydrogens (tertiary/aromatic N) is 2. The molecule has 2 unspecified atom stereocenters. The maximum atomic E-state index is 13.5. The second-order valence-corrected chi connectivity index (χ2v) is 8.65. The zero-order valence-corrected chi connectivity index (χ0v) is 17.1. The molecular weight excluding hydrogens is 358 g/mol. The highest BCUT2D eigenvalue weighted by atomic mass is 16.2. The number of para-hydroxylation sites is 1. The monoisotopic (exact) mass is 387 g/mol. The summed E-state index contributed by atoms with van der Waals surface area (Å²) in [4.78, 5) is 21.6. The molecule has 1 amide bonds. The minimum absolute atomic E-state index is 0.180. The number of hydrogen-bond donors (Lipinski definition) is 1. The lowest BCUT2D eigenvalue weighted by molar-refractivity contribution is 0.0488. The largest absolute Gasteiger partial charge is 0.361 e. The lowest BCUT2D eigenvalue weighted by Gasteiger charge is -2.42. The molecule has 2 atom stereocenters. The summed E-state index contributed by atoms with van der Waals surface area (Å²) in [6.07, 6.45) is 7.72. The van der Waals surface area contributed by atoms with Crippen LogP contribution in [0.3, 0.4) is 0 Å². The van der Waals surface area contributed by atoms with E-state index in [1.807, 2.05) is 30.3 Å². The maximum Gasteiger partial charge on any atom is 0.254 e. The molecule has 2 aromatic carbocycles. The molecule has 4 nitrogen and oxygen atoms in total. The number of rotatable bonds is 5. The molecule has 1 N–H and O–H groups in total. The Morgan fingerprint density at radius 1 is 1.03 bits per heavy atom. The van der Waals surface area contributed by atoms with Crippen LogP contribution < -0.4 is 0 Å². The van der Waals surface area contributed by atoms with E-state index in [2.05, 4.69) is 52.3 Å². The number of carbonyl (C=O) groups is 1. The Morgan fingerprint density at radius 2 is 1.72 bits per heavy atom. The molecule has 2 bridgehead atoms. The fourth-order valence-corrected chi connectivity index (χ4v) is 5.41. The summed E-state index contributed by atoms with van der Waals surface area (Å²) in [6.45, 7) is 0.767. The molecule has 5 rings (SSSR count). The predicted molar refractivity (Wildman–Crippen MR) is 117 cm³/mol. The van der Waals surface area contributed by atoms with E-state index in [0.717, 1.165) is 31.4 Å². The van der Waals surface area contributed by atoms with E-state index in [-0.39, 0.29) is 5.91 Å². The van der Waals surface area contributed by atoms with Crippen molar-refractivity contribution in [3.8, 4) is 0 Å². The maximum absolute atomic E-state index is 13.5. The molecule has 2 aliphatic heterocycles. The molecule has 0 spiro atoms. The fraction of sp³-hybridized carbons (Fsp3) is 0.400. The molecule has 4 heteroatoms. The fourth-order valence-electron chi connectivity index (χ4n) is 5.41. The minimum atomic E-state index is 0.180. The zero-order valence-electron chi connectivity index (χ0n) is 17.1. The lowest BCUT2D eigenvalue weighted by Crippen LogP contribution is -2.51. The van der Waals surface area contributed by atoms with E-state index >= 15 is 0 Å². The standard InChI is InChI=1S/C25H29N3O/c1-27-20-11-12-21(27)16-22(15-20)28(25(29)18-7-3-2-4-8-18)14-13-19-17-26-24-10-6-5-9-23(19)24/h2-10,17,20-22,26H,11-16H2,1H3. The highest BCUT2D eigenvalue weighted by Gasteiger charge is 2.41. The molecule has 29 heavy (non-hydrogen) atoms. The van der Waals surface area contributed by atoms with Crippen LogP contribution in [0.1, 0.15) is 41.6 Å². The number of nitrogens with one attached hydrogen (secondary N) is 1. The highest BCUT2D eigenvalue weighted by Crippen LogP contribution is 2.37.